The van der Waals surface area contributed by atoms with E-state index in [2.05, 4.69) is 18.7 Å². The Morgan fingerprint density at radius 1 is 1.38 bits per heavy atom. The van der Waals surface area contributed by atoms with Crippen molar-refractivity contribution in [3.63, 3.8) is 0 Å². The van der Waals surface area contributed by atoms with Gasteiger partial charge in [-0.1, -0.05) is 6.92 Å². The molecule has 78 valence electrons. The molecule has 0 bridgehead atoms. The van der Waals surface area contributed by atoms with Crippen molar-refractivity contribution in [2.24, 2.45) is 5.92 Å². The monoisotopic (exact) mass is 185 g/mol. The van der Waals surface area contributed by atoms with Crippen molar-refractivity contribution in [1.82, 2.24) is 4.90 Å². The van der Waals surface area contributed by atoms with Crippen molar-refractivity contribution in [2.45, 2.75) is 52.2 Å². The van der Waals surface area contributed by atoms with E-state index < -0.39 is 0 Å². The minimum absolute atomic E-state index is 0.164. The van der Waals surface area contributed by atoms with Crippen molar-refractivity contribution >= 4 is 0 Å². The molecule has 0 aromatic rings. The van der Waals surface area contributed by atoms with Gasteiger partial charge in [0.2, 0.25) is 0 Å². The van der Waals surface area contributed by atoms with Crippen LogP contribution in [-0.2, 0) is 0 Å². The molecule has 2 unspecified atom stereocenters. The lowest BCUT2D eigenvalue weighted by Crippen LogP contribution is -2.36. The Labute approximate surface area is 81.9 Å². The molecule has 2 nitrogen and oxygen atoms in total. The lowest BCUT2D eigenvalue weighted by atomic mass is 10.1. The van der Waals surface area contributed by atoms with Crippen molar-refractivity contribution in [3.8, 4) is 0 Å². The molecule has 0 spiro atoms. The molecular weight excluding hydrogens is 162 g/mol. The zero-order valence-electron chi connectivity index (χ0n) is 9.16. The lowest BCUT2D eigenvalue weighted by Gasteiger charge is -2.28. The topological polar surface area (TPSA) is 23.5 Å². The molecule has 0 aromatic carbocycles. The lowest BCUT2D eigenvalue weighted by molar-refractivity contribution is 0.120. The molecule has 1 aliphatic rings. The Balaban J connectivity index is 2.25. The Morgan fingerprint density at radius 2 is 2.00 bits per heavy atom. The Kier molecular flexibility index (Phi) is 4.20. The van der Waals surface area contributed by atoms with E-state index in [1.165, 1.54) is 19.4 Å². The molecule has 0 aromatic heterocycles. The highest BCUT2D eigenvalue weighted by molar-refractivity contribution is 4.79. The van der Waals surface area contributed by atoms with Gasteiger partial charge >= 0.3 is 0 Å². The maximum Gasteiger partial charge on any atom is 0.0526 e. The molecule has 1 fully saturated rings. The van der Waals surface area contributed by atoms with Crippen LogP contribution in [0.1, 0.15) is 40.0 Å². The first-order valence-electron chi connectivity index (χ1n) is 5.55. The van der Waals surface area contributed by atoms with Gasteiger partial charge in [0.25, 0.3) is 0 Å². The predicted molar refractivity (Wildman–Crippen MR) is 55.7 cm³/mol. The number of hydrogen-bond donors (Lipinski definition) is 1. The normalized spacial score (nSPS) is 21.9. The standard InChI is InChI=1S/C11H23NO/c1-4-12(8-11-5-6-11)9(2)7-10(3)13/h9-11,13H,4-8H2,1-3H3. The zero-order chi connectivity index (χ0) is 9.84. The third-order valence-electron chi connectivity index (χ3n) is 2.90. The number of aliphatic hydroxyl groups is 1. The van der Waals surface area contributed by atoms with Gasteiger partial charge in [-0.2, -0.15) is 0 Å². The second kappa shape index (κ2) is 4.97. The molecule has 0 saturated heterocycles. The Morgan fingerprint density at radius 3 is 2.38 bits per heavy atom. The summed E-state index contributed by atoms with van der Waals surface area (Å²) >= 11 is 0. The van der Waals surface area contributed by atoms with Crippen LogP contribution in [0.15, 0.2) is 0 Å². The summed E-state index contributed by atoms with van der Waals surface area (Å²) in [6, 6.07) is 0.533. The van der Waals surface area contributed by atoms with Crippen LogP contribution in [0.2, 0.25) is 0 Å². The van der Waals surface area contributed by atoms with Crippen LogP contribution in [-0.4, -0.2) is 35.2 Å². The predicted octanol–water partition coefficient (Wildman–Crippen LogP) is 1.88. The van der Waals surface area contributed by atoms with Gasteiger partial charge in [0.1, 0.15) is 0 Å². The van der Waals surface area contributed by atoms with E-state index >= 15 is 0 Å². The summed E-state index contributed by atoms with van der Waals surface area (Å²) in [6.45, 7) is 8.66. The molecule has 0 radical (unpaired) electrons. The van der Waals surface area contributed by atoms with Crippen LogP contribution in [0, 0.1) is 5.92 Å². The van der Waals surface area contributed by atoms with Gasteiger partial charge in [-0.3, -0.25) is 0 Å². The van der Waals surface area contributed by atoms with Crippen molar-refractivity contribution in [1.29, 1.82) is 0 Å². The highest BCUT2D eigenvalue weighted by Crippen LogP contribution is 2.30. The first kappa shape index (κ1) is 11.0. The molecule has 1 aliphatic carbocycles. The van der Waals surface area contributed by atoms with E-state index in [9.17, 15) is 5.11 Å². The third-order valence-corrected chi connectivity index (χ3v) is 2.90. The smallest absolute Gasteiger partial charge is 0.0526 e. The van der Waals surface area contributed by atoms with Gasteiger partial charge in [0.05, 0.1) is 6.10 Å². The molecule has 0 heterocycles. The first-order valence-corrected chi connectivity index (χ1v) is 5.55. The Bertz CT molecular complexity index is 143. The highest BCUT2D eigenvalue weighted by Gasteiger charge is 2.25. The molecule has 2 heteroatoms. The van der Waals surface area contributed by atoms with Gasteiger partial charge < -0.3 is 10.0 Å². The molecular formula is C11H23NO. The van der Waals surface area contributed by atoms with Gasteiger partial charge in [-0.25, -0.2) is 0 Å². The minimum Gasteiger partial charge on any atom is -0.393 e. The number of nitrogens with zero attached hydrogens (tertiary/aromatic N) is 1. The minimum atomic E-state index is -0.164. The van der Waals surface area contributed by atoms with Gasteiger partial charge in [0.15, 0.2) is 0 Å². The van der Waals surface area contributed by atoms with Crippen molar-refractivity contribution in [3.05, 3.63) is 0 Å². The average molecular weight is 185 g/mol. The molecule has 1 N–H and O–H groups in total. The quantitative estimate of drug-likeness (QED) is 0.683. The van der Waals surface area contributed by atoms with E-state index in [-0.39, 0.29) is 6.10 Å². The van der Waals surface area contributed by atoms with Crippen LogP contribution in [0.25, 0.3) is 0 Å². The largest absolute Gasteiger partial charge is 0.393 e. The third kappa shape index (κ3) is 4.10. The summed E-state index contributed by atoms with van der Waals surface area (Å²) in [6.07, 6.45) is 3.57. The molecule has 0 amide bonds. The van der Waals surface area contributed by atoms with Gasteiger partial charge in [-0.05, 0) is 45.6 Å². The summed E-state index contributed by atoms with van der Waals surface area (Å²) in [5.74, 6) is 0.955. The average Bonchev–Trinajstić information content (AvgIpc) is 2.81. The van der Waals surface area contributed by atoms with Crippen molar-refractivity contribution < 1.29 is 5.11 Å². The fourth-order valence-corrected chi connectivity index (χ4v) is 1.90. The molecule has 13 heavy (non-hydrogen) atoms. The molecule has 1 rings (SSSR count). The summed E-state index contributed by atoms with van der Waals surface area (Å²) < 4.78 is 0. The van der Waals surface area contributed by atoms with E-state index in [0.717, 1.165) is 18.9 Å². The second-order valence-electron chi connectivity index (χ2n) is 4.46. The van der Waals surface area contributed by atoms with Crippen LogP contribution < -0.4 is 0 Å². The molecule has 1 saturated carbocycles. The first-order chi connectivity index (χ1) is 6.13. The van der Waals surface area contributed by atoms with Crippen LogP contribution >= 0.6 is 0 Å². The fourth-order valence-electron chi connectivity index (χ4n) is 1.90. The van der Waals surface area contributed by atoms with E-state index in [4.69, 9.17) is 0 Å². The summed E-state index contributed by atoms with van der Waals surface area (Å²) in [5, 5.41) is 9.29. The maximum atomic E-state index is 9.29. The van der Waals surface area contributed by atoms with Crippen LogP contribution in [0.3, 0.4) is 0 Å². The summed E-state index contributed by atoms with van der Waals surface area (Å²) in [5.41, 5.74) is 0. The summed E-state index contributed by atoms with van der Waals surface area (Å²) in [7, 11) is 0. The van der Waals surface area contributed by atoms with E-state index in [0.29, 0.717) is 6.04 Å². The molecule has 2 atom stereocenters. The van der Waals surface area contributed by atoms with Crippen LogP contribution in [0.5, 0.6) is 0 Å². The SMILES string of the molecule is CCN(CC1CC1)C(C)CC(C)O. The van der Waals surface area contributed by atoms with Gasteiger partial charge in [0, 0.05) is 12.6 Å². The second-order valence-corrected chi connectivity index (χ2v) is 4.46. The highest BCUT2D eigenvalue weighted by atomic mass is 16.3. The maximum absolute atomic E-state index is 9.29. The zero-order valence-corrected chi connectivity index (χ0v) is 9.16. The van der Waals surface area contributed by atoms with E-state index in [1.54, 1.807) is 0 Å². The van der Waals surface area contributed by atoms with E-state index in [1.807, 2.05) is 6.92 Å². The number of hydrogen-bond acceptors (Lipinski definition) is 2. The number of aliphatic hydroxyl groups excluding tert-OH is 1. The summed E-state index contributed by atoms with van der Waals surface area (Å²) in [4.78, 5) is 2.49. The fraction of sp³-hybridized carbons (Fsp3) is 1.00. The molecule has 0 aliphatic heterocycles. The number of rotatable bonds is 6. The Hall–Kier alpha value is -0.0800. The van der Waals surface area contributed by atoms with Gasteiger partial charge in [-0.15, -0.1) is 0 Å². The van der Waals surface area contributed by atoms with Crippen LogP contribution in [0.4, 0.5) is 0 Å². The van der Waals surface area contributed by atoms with Crippen molar-refractivity contribution in [2.75, 3.05) is 13.1 Å².